The molecule has 0 unspecified atom stereocenters. The van der Waals surface area contributed by atoms with Crippen molar-refractivity contribution in [1.29, 1.82) is 0 Å². The van der Waals surface area contributed by atoms with Crippen molar-refractivity contribution in [3.05, 3.63) is 65.4 Å². The minimum Gasteiger partial charge on any atom is -0.497 e. The molecule has 0 radical (unpaired) electrons. The average Bonchev–Trinajstić information content (AvgIpc) is 3.14. The molecular formula is C27H31N3O4. The molecule has 178 valence electrons. The monoisotopic (exact) mass is 461 g/mol. The van der Waals surface area contributed by atoms with E-state index in [-0.39, 0.29) is 30.3 Å². The van der Waals surface area contributed by atoms with E-state index in [0.717, 1.165) is 33.5 Å². The van der Waals surface area contributed by atoms with E-state index in [1.54, 1.807) is 7.11 Å². The summed E-state index contributed by atoms with van der Waals surface area (Å²) in [6.07, 6.45) is 0.740. The fourth-order valence-electron chi connectivity index (χ4n) is 5.83. The lowest BCUT2D eigenvalue weighted by Crippen LogP contribution is -2.68. The van der Waals surface area contributed by atoms with Crippen LogP contribution in [0.15, 0.2) is 48.5 Å². The SMILES string of the molecule is CCC(=O)N1CC2(C1)CN(C(=O)Cc1ccccc1)[C@@H](CO)c1c2c2ccc(OC)cc2n1C. The molecule has 7 heteroatoms. The van der Waals surface area contributed by atoms with E-state index in [4.69, 9.17) is 4.74 Å². The highest BCUT2D eigenvalue weighted by molar-refractivity contribution is 5.91. The van der Waals surface area contributed by atoms with Gasteiger partial charge in [0.1, 0.15) is 5.75 Å². The van der Waals surface area contributed by atoms with Crippen molar-refractivity contribution < 1.29 is 19.4 Å². The Morgan fingerprint density at radius 1 is 1.09 bits per heavy atom. The van der Waals surface area contributed by atoms with E-state index < -0.39 is 6.04 Å². The van der Waals surface area contributed by atoms with Crippen molar-refractivity contribution in [2.75, 3.05) is 33.4 Å². The zero-order chi connectivity index (χ0) is 24.0. The molecule has 2 amide bonds. The Morgan fingerprint density at radius 2 is 1.82 bits per heavy atom. The van der Waals surface area contributed by atoms with Gasteiger partial charge in [-0.25, -0.2) is 0 Å². The number of aromatic nitrogens is 1. The van der Waals surface area contributed by atoms with Crippen LogP contribution >= 0.6 is 0 Å². The molecule has 0 saturated carbocycles. The van der Waals surface area contributed by atoms with Gasteiger partial charge in [-0.3, -0.25) is 9.59 Å². The van der Waals surface area contributed by atoms with Gasteiger partial charge >= 0.3 is 0 Å². The molecule has 1 atom stereocenters. The van der Waals surface area contributed by atoms with E-state index in [9.17, 15) is 14.7 Å². The van der Waals surface area contributed by atoms with Crippen LogP contribution in [0.2, 0.25) is 0 Å². The van der Waals surface area contributed by atoms with Crippen LogP contribution < -0.4 is 4.74 Å². The van der Waals surface area contributed by atoms with Crippen LogP contribution in [-0.4, -0.2) is 64.6 Å². The molecule has 3 aromatic rings. The van der Waals surface area contributed by atoms with Crippen LogP contribution in [-0.2, 0) is 28.5 Å². The van der Waals surface area contributed by atoms with Crippen molar-refractivity contribution in [3.63, 3.8) is 0 Å². The Balaban J connectivity index is 1.62. The Hall–Kier alpha value is -3.32. The number of ether oxygens (including phenoxy) is 1. The lowest BCUT2D eigenvalue weighted by atomic mass is 9.68. The number of aliphatic hydroxyl groups is 1. The maximum Gasteiger partial charge on any atom is 0.227 e. The van der Waals surface area contributed by atoms with Gasteiger partial charge in [-0.2, -0.15) is 0 Å². The average molecular weight is 462 g/mol. The van der Waals surface area contributed by atoms with E-state index in [2.05, 4.69) is 10.6 Å². The van der Waals surface area contributed by atoms with Crippen LogP contribution in [0.4, 0.5) is 0 Å². The van der Waals surface area contributed by atoms with Gasteiger partial charge in [0.25, 0.3) is 0 Å². The highest BCUT2D eigenvalue weighted by Crippen LogP contribution is 2.49. The first kappa shape index (κ1) is 22.5. The summed E-state index contributed by atoms with van der Waals surface area (Å²) in [7, 11) is 3.63. The number of hydrogen-bond donors (Lipinski definition) is 1. The van der Waals surface area contributed by atoms with Gasteiger partial charge in [0.2, 0.25) is 11.8 Å². The highest BCUT2D eigenvalue weighted by atomic mass is 16.5. The summed E-state index contributed by atoms with van der Waals surface area (Å²) in [4.78, 5) is 29.7. The van der Waals surface area contributed by atoms with Gasteiger partial charge in [-0.1, -0.05) is 37.3 Å². The third kappa shape index (κ3) is 3.38. The number of methoxy groups -OCH3 is 1. The summed E-state index contributed by atoms with van der Waals surface area (Å²) >= 11 is 0. The summed E-state index contributed by atoms with van der Waals surface area (Å²) < 4.78 is 7.55. The number of aliphatic hydroxyl groups excluding tert-OH is 1. The summed E-state index contributed by atoms with van der Waals surface area (Å²) in [5, 5.41) is 11.6. The first-order valence-corrected chi connectivity index (χ1v) is 11.8. The van der Waals surface area contributed by atoms with E-state index in [1.807, 2.05) is 66.2 Å². The summed E-state index contributed by atoms with van der Waals surface area (Å²) in [5.74, 6) is 0.868. The van der Waals surface area contributed by atoms with Crippen molar-refractivity contribution in [2.45, 2.75) is 31.2 Å². The Bertz CT molecular complexity index is 1240. The van der Waals surface area contributed by atoms with Gasteiger partial charge < -0.3 is 24.2 Å². The molecule has 1 saturated heterocycles. The number of nitrogens with zero attached hydrogens (tertiary/aromatic N) is 3. The summed E-state index contributed by atoms with van der Waals surface area (Å²) in [6, 6.07) is 15.3. The minimum atomic E-state index is -0.448. The fraction of sp³-hybridized carbons (Fsp3) is 0.407. The molecule has 2 aliphatic heterocycles. The number of rotatable bonds is 5. The number of fused-ring (bicyclic) bond motifs is 4. The van der Waals surface area contributed by atoms with Gasteiger partial charge in [0.05, 0.1) is 37.1 Å². The third-order valence-electron chi connectivity index (χ3n) is 7.48. The van der Waals surface area contributed by atoms with E-state index in [0.29, 0.717) is 26.1 Å². The standard InChI is InChI=1S/C27H31N3O4/c1-4-23(32)29-15-27(16-29)17-30(24(33)12-18-8-6-5-7-9-18)22(14-31)26-25(27)20-11-10-19(34-3)13-21(20)28(26)2/h5-11,13,22,31H,4,12,14-17H2,1-3H3/t22-/m0/s1. The van der Waals surface area contributed by atoms with Crippen molar-refractivity contribution in [3.8, 4) is 5.75 Å². The zero-order valence-corrected chi connectivity index (χ0v) is 20.0. The second-order valence-corrected chi connectivity index (χ2v) is 9.47. The molecule has 3 heterocycles. The molecule has 1 spiro atoms. The number of carbonyl (C=O) groups excluding carboxylic acids is 2. The largest absolute Gasteiger partial charge is 0.497 e. The van der Waals surface area contributed by atoms with E-state index >= 15 is 0 Å². The molecule has 1 fully saturated rings. The van der Waals surface area contributed by atoms with Crippen LogP contribution in [0.3, 0.4) is 0 Å². The molecule has 34 heavy (non-hydrogen) atoms. The predicted octanol–water partition coefficient (Wildman–Crippen LogP) is 2.80. The van der Waals surface area contributed by atoms with Crippen LogP contribution in [0.1, 0.15) is 36.2 Å². The Morgan fingerprint density at radius 3 is 2.47 bits per heavy atom. The summed E-state index contributed by atoms with van der Waals surface area (Å²) in [5.41, 5.74) is 3.69. The molecular weight excluding hydrogens is 430 g/mol. The maximum absolute atomic E-state index is 13.6. The van der Waals surface area contributed by atoms with Crippen LogP contribution in [0, 0.1) is 0 Å². The number of likely N-dealkylation sites (tertiary alicyclic amines) is 1. The highest BCUT2D eigenvalue weighted by Gasteiger charge is 2.55. The quantitative estimate of drug-likeness (QED) is 0.634. The second kappa shape index (κ2) is 8.47. The second-order valence-electron chi connectivity index (χ2n) is 9.47. The topological polar surface area (TPSA) is 75.0 Å². The number of benzene rings is 2. The lowest BCUT2D eigenvalue weighted by molar-refractivity contribution is -0.145. The predicted molar refractivity (Wildman–Crippen MR) is 130 cm³/mol. The lowest BCUT2D eigenvalue weighted by Gasteiger charge is -2.56. The van der Waals surface area contributed by atoms with Gasteiger partial charge in [-0.15, -0.1) is 0 Å². The maximum atomic E-state index is 13.6. The fourth-order valence-corrected chi connectivity index (χ4v) is 5.83. The first-order chi connectivity index (χ1) is 16.4. The van der Waals surface area contributed by atoms with Gasteiger partial charge in [-0.05, 0) is 23.3 Å². The smallest absolute Gasteiger partial charge is 0.227 e. The number of amides is 2. The molecule has 0 bridgehead atoms. The molecule has 1 aromatic heterocycles. The van der Waals surface area contributed by atoms with Crippen LogP contribution in [0.25, 0.3) is 10.9 Å². The van der Waals surface area contributed by atoms with E-state index in [1.165, 1.54) is 0 Å². The number of carbonyl (C=O) groups is 2. The normalized spacial score (nSPS) is 18.6. The zero-order valence-electron chi connectivity index (χ0n) is 20.0. The molecule has 0 aliphatic carbocycles. The van der Waals surface area contributed by atoms with Gasteiger partial charge in [0, 0.05) is 50.2 Å². The van der Waals surface area contributed by atoms with Crippen molar-refractivity contribution in [1.82, 2.24) is 14.4 Å². The van der Waals surface area contributed by atoms with Crippen molar-refractivity contribution >= 4 is 22.7 Å². The molecule has 7 nitrogen and oxygen atoms in total. The Kier molecular flexibility index (Phi) is 5.60. The summed E-state index contributed by atoms with van der Waals surface area (Å²) in [6.45, 7) is 3.34. The number of aryl methyl sites for hydroxylation is 1. The van der Waals surface area contributed by atoms with Crippen LogP contribution in [0.5, 0.6) is 5.75 Å². The molecule has 2 aromatic carbocycles. The Labute approximate surface area is 199 Å². The molecule has 2 aliphatic rings. The first-order valence-electron chi connectivity index (χ1n) is 11.8. The van der Waals surface area contributed by atoms with Gasteiger partial charge in [0.15, 0.2) is 0 Å². The third-order valence-corrected chi connectivity index (χ3v) is 7.48. The number of hydrogen-bond acceptors (Lipinski definition) is 4. The molecule has 1 N–H and O–H groups in total. The molecule has 5 rings (SSSR count). The van der Waals surface area contributed by atoms with Crippen molar-refractivity contribution in [2.24, 2.45) is 7.05 Å². The minimum absolute atomic E-state index is 0.0154.